The van der Waals surface area contributed by atoms with Crippen molar-refractivity contribution in [1.82, 2.24) is 10.2 Å². The fourth-order valence-electron chi connectivity index (χ4n) is 1.50. The first-order valence-corrected chi connectivity index (χ1v) is 5.40. The summed E-state index contributed by atoms with van der Waals surface area (Å²) in [4.78, 5) is 12.5. The molecule has 0 aliphatic heterocycles. The molecule has 1 aliphatic rings. The number of likely N-dealkylation sites (N-methyl/N-ethyl adjacent to an activating group) is 1. The summed E-state index contributed by atoms with van der Waals surface area (Å²) < 4.78 is 0. The van der Waals surface area contributed by atoms with E-state index >= 15 is 0 Å². The molecule has 3 N–H and O–H groups in total. The van der Waals surface area contributed by atoms with Crippen LogP contribution in [0.1, 0.15) is 19.3 Å². The van der Waals surface area contributed by atoms with Gasteiger partial charge < -0.3 is 20.4 Å². The third-order valence-electron chi connectivity index (χ3n) is 2.60. The zero-order chi connectivity index (χ0) is 11.3. The number of aliphatic hydroxyl groups excluding tert-OH is 1. The molecule has 1 fully saturated rings. The maximum absolute atomic E-state index is 10.3. The van der Waals surface area contributed by atoms with Gasteiger partial charge in [-0.05, 0) is 19.9 Å². The monoisotopic (exact) mass is 216 g/mol. The Morgan fingerprint density at radius 3 is 2.80 bits per heavy atom. The van der Waals surface area contributed by atoms with Gasteiger partial charge >= 0.3 is 5.97 Å². The fraction of sp³-hybridized carbons (Fsp3) is 0.900. The molecule has 1 unspecified atom stereocenters. The van der Waals surface area contributed by atoms with E-state index < -0.39 is 12.1 Å². The van der Waals surface area contributed by atoms with Crippen molar-refractivity contribution in [3.63, 3.8) is 0 Å². The molecule has 0 aromatic carbocycles. The lowest BCUT2D eigenvalue weighted by molar-refractivity contribution is -0.139. The van der Waals surface area contributed by atoms with Crippen LogP contribution in [-0.2, 0) is 4.79 Å². The third kappa shape index (κ3) is 5.71. The van der Waals surface area contributed by atoms with Gasteiger partial charge in [0, 0.05) is 25.7 Å². The number of hydrogen-bond acceptors (Lipinski definition) is 4. The Morgan fingerprint density at radius 1 is 1.60 bits per heavy atom. The van der Waals surface area contributed by atoms with Gasteiger partial charge in [-0.1, -0.05) is 0 Å². The standard InChI is InChI=1S/C10H20N2O3/c1-12(8-2-3-8)5-4-11-7-9(13)6-10(14)15/h8-9,11,13H,2-7H2,1H3,(H,14,15). The molecule has 0 bridgehead atoms. The van der Waals surface area contributed by atoms with E-state index in [1.165, 1.54) is 12.8 Å². The van der Waals surface area contributed by atoms with Gasteiger partial charge in [0.1, 0.15) is 0 Å². The maximum atomic E-state index is 10.3. The van der Waals surface area contributed by atoms with E-state index in [4.69, 9.17) is 5.11 Å². The first kappa shape index (κ1) is 12.4. The van der Waals surface area contributed by atoms with Crippen LogP contribution in [0.4, 0.5) is 0 Å². The lowest BCUT2D eigenvalue weighted by atomic mass is 10.2. The summed E-state index contributed by atoms with van der Waals surface area (Å²) in [5, 5.41) is 20.7. The van der Waals surface area contributed by atoms with E-state index in [1.54, 1.807) is 0 Å². The molecule has 0 spiro atoms. The molecule has 5 nitrogen and oxygen atoms in total. The van der Waals surface area contributed by atoms with Crippen molar-refractivity contribution in [1.29, 1.82) is 0 Å². The molecular formula is C10H20N2O3. The molecule has 1 aliphatic carbocycles. The highest BCUT2D eigenvalue weighted by Crippen LogP contribution is 2.24. The zero-order valence-electron chi connectivity index (χ0n) is 9.15. The highest BCUT2D eigenvalue weighted by atomic mass is 16.4. The largest absolute Gasteiger partial charge is 0.481 e. The second-order valence-electron chi connectivity index (χ2n) is 4.17. The Kier molecular flexibility index (Phi) is 5.01. The quantitative estimate of drug-likeness (QED) is 0.477. The number of rotatable bonds is 8. The zero-order valence-corrected chi connectivity index (χ0v) is 9.15. The number of nitrogens with one attached hydrogen (secondary N) is 1. The van der Waals surface area contributed by atoms with E-state index in [-0.39, 0.29) is 6.42 Å². The number of aliphatic hydroxyl groups is 1. The summed E-state index contributed by atoms with van der Waals surface area (Å²) >= 11 is 0. The van der Waals surface area contributed by atoms with Crippen LogP contribution in [0.25, 0.3) is 0 Å². The average molecular weight is 216 g/mol. The van der Waals surface area contributed by atoms with Crippen molar-refractivity contribution >= 4 is 5.97 Å². The van der Waals surface area contributed by atoms with Crippen molar-refractivity contribution in [2.45, 2.75) is 31.4 Å². The Morgan fingerprint density at radius 2 is 2.27 bits per heavy atom. The van der Waals surface area contributed by atoms with Crippen LogP contribution in [-0.4, -0.2) is 59.9 Å². The Labute approximate surface area is 90.1 Å². The van der Waals surface area contributed by atoms with Crippen LogP contribution in [0.15, 0.2) is 0 Å². The summed E-state index contributed by atoms with van der Waals surface area (Å²) in [7, 11) is 2.09. The van der Waals surface area contributed by atoms with Crippen molar-refractivity contribution in [2.24, 2.45) is 0 Å². The summed E-state index contributed by atoms with van der Waals surface area (Å²) in [5.74, 6) is -0.959. The molecule has 0 radical (unpaired) electrons. The van der Waals surface area contributed by atoms with Crippen molar-refractivity contribution in [2.75, 3.05) is 26.7 Å². The van der Waals surface area contributed by atoms with E-state index in [1.807, 2.05) is 0 Å². The minimum atomic E-state index is -0.959. The lowest BCUT2D eigenvalue weighted by Crippen LogP contribution is -2.35. The average Bonchev–Trinajstić information content (AvgIpc) is 2.93. The number of carbonyl (C=O) groups is 1. The van der Waals surface area contributed by atoms with Gasteiger partial charge in [0.05, 0.1) is 12.5 Å². The van der Waals surface area contributed by atoms with Crippen LogP contribution in [0.5, 0.6) is 0 Å². The molecule has 0 aromatic rings. The van der Waals surface area contributed by atoms with Gasteiger partial charge in [-0.2, -0.15) is 0 Å². The van der Waals surface area contributed by atoms with E-state index in [9.17, 15) is 9.90 Å². The molecule has 0 amide bonds. The van der Waals surface area contributed by atoms with Crippen molar-refractivity contribution < 1.29 is 15.0 Å². The number of carboxylic acids is 1. The highest BCUT2D eigenvalue weighted by Gasteiger charge is 2.25. The number of carboxylic acid groups (broad SMARTS) is 1. The molecule has 5 heteroatoms. The summed E-state index contributed by atoms with van der Waals surface area (Å²) in [6.45, 7) is 2.10. The molecule has 0 saturated heterocycles. The summed E-state index contributed by atoms with van der Waals surface area (Å²) in [5.41, 5.74) is 0. The summed E-state index contributed by atoms with van der Waals surface area (Å²) in [6.07, 6.45) is 1.61. The lowest BCUT2D eigenvalue weighted by Gasteiger charge is -2.16. The van der Waals surface area contributed by atoms with Crippen LogP contribution in [0, 0.1) is 0 Å². The SMILES string of the molecule is CN(CCNCC(O)CC(=O)O)C1CC1. The van der Waals surface area contributed by atoms with Gasteiger partial charge in [-0.25, -0.2) is 0 Å². The Bertz CT molecular complexity index is 207. The van der Waals surface area contributed by atoms with E-state index in [0.29, 0.717) is 6.54 Å². The number of aliphatic carboxylic acids is 1. The second-order valence-corrected chi connectivity index (χ2v) is 4.17. The minimum Gasteiger partial charge on any atom is -0.481 e. The predicted molar refractivity (Wildman–Crippen MR) is 56.8 cm³/mol. The van der Waals surface area contributed by atoms with Gasteiger partial charge in [0.2, 0.25) is 0 Å². The van der Waals surface area contributed by atoms with Gasteiger partial charge in [0.15, 0.2) is 0 Å². The molecule has 88 valence electrons. The molecule has 1 rings (SSSR count). The highest BCUT2D eigenvalue weighted by molar-refractivity contribution is 5.67. The molecule has 0 aromatic heterocycles. The van der Waals surface area contributed by atoms with Gasteiger partial charge in [0.25, 0.3) is 0 Å². The van der Waals surface area contributed by atoms with E-state index in [2.05, 4.69) is 17.3 Å². The number of nitrogens with zero attached hydrogens (tertiary/aromatic N) is 1. The predicted octanol–water partition coefficient (Wildman–Crippen LogP) is -0.494. The first-order valence-electron chi connectivity index (χ1n) is 5.40. The van der Waals surface area contributed by atoms with Crippen LogP contribution in [0.2, 0.25) is 0 Å². The molecular weight excluding hydrogens is 196 g/mol. The van der Waals surface area contributed by atoms with Gasteiger partial charge in [-0.15, -0.1) is 0 Å². The Balaban J connectivity index is 1.93. The molecule has 15 heavy (non-hydrogen) atoms. The first-order chi connectivity index (χ1) is 7.09. The molecule has 1 saturated carbocycles. The normalized spacial score (nSPS) is 18.1. The summed E-state index contributed by atoms with van der Waals surface area (Å²) in [6, 6.07) is 0.746. The van der Waals surface area contributed by atoms with Crippen molar-refractivity contribution in [3.05, 3.63) is 0 Å². The fourth-order valence-corrected chi connectivity index (χ4v) is 1.50. The molecule has 0 heterocycles. The van der Waals surface area contributed by atoms with Gasteiger partial charge in [-0.3, -0.25) is 4.79 Å². The smallest absolute Gasteiger partial charge is 0.306 e. The maximum Gasteiger partial charge on any atom is 0.306 e. The topological polar surface area (TPSA) is 72.8 Å². The van der Waals surface area contributed by atoms with Crippen LogP contribution < -0.4 is 5.32 Å². The minimum absolute atomic E-state index is 0.189. The second kappa shape index (κ2) is 6.05. The van der Waals surface area contributed by atoms with Crippen LogP contribution in [0.3, 0.4) is 0 Å². The van der Waals surface area contributed by atoms with Crippen molar-refractivity contribution in [3.8, 4) is 0 Å². The number of hydrogen-bond donors (Lipinski definition) is 3. The van der Waals surface area contributed by atoms with E-state index in [0.717, 1.165) is 19.1 Å². The molecule has 1 atom stereocenters. The Hall–Kier alpha value is -0.650. The third-order valence-corrected chi connectivity index (χ3v) is 2.60. The van der Waals surface area contributed by atoms with Crippen LogP contribution >= 0.6 is 0 Å².